The summed E-state index contributed by atoms with van der Waals surface area (Å²) in [7, 11) is -5.73. The normalized spacial score (nSPS) is 13.3. The van der Waals surface area contributed by atoms with Crippen molar-refractivity contribution in [2.24, 2.45) is 0 Å². The minimum absolute atomic E-state index is 0.00917. The molecule has 0 saturated carbocycles. The molecule has 0 unspecified atom stereocenters. The van der Waals surface area contributed by atoms with Gasteiger partial charge in [-0.2, -0.15) is 0 Å². The van der Waals surface area contributed by atoms with Gasteiger partial charge in [-0.05, 0) is 165 Å². The van der Waals surface area contributed by atoms with Crippen molar-refractivity contribution >= 4 is 52.7 Å². The largest absolute Gasteiger partial charge is 0.489 e. The van der Waals surface area contributed by atoms with Crippen LogP contribution in [0.3, 0.4) is 0 Å². The fraction of sp³-hybridized carbons (Fsp3) is 0.467. The van der Waals surface area contributed by atoms with Gasteiger partial charge >= 0.3 is 0 Å². The summed E-state index contributed by atoms with van der Waals surface area (Å²) >= 11 is 2.51. The molecule has 71 heavy (non-hydrogen) atoms. The highest BCUT2D eigenvalue weighted by atomic mass is 127. The van der Waals surface area contributed by atoms with Crippen LogP contribution in [0.4, 0.5) is 5.69 Å². The number of hydrogen-bond acceptors (Lipinski definition) is 7. The maximum atomic E-state index is 12.5. The molecule has 0 radical (unpaired) electrons. The van der Waals surface area contributed by atoms with E-state index in [-0.39, 0.29) is 17.1 Å². The molecular formula is C60H84IN3O5SSi. The van der Waals surface area contributed by atoms with Crippen LogP contribution in [0, 0.1) is 3.57 Å². The van der Waals surface area contributed by atoms with Gasteiger partial charge in [0.2, 0.25) is 10.0 Å². The molecule has 0 spiro atoms. The van der Waals surface area contributed by atoms with Crippen LogP contribution in [-0.4, -0.2) is 59.6 Å². The molecule has 8 nitrogen and oxygen atoms in total. The third kappa shape index (κ3) is 19.4. The Balaban J connectivity index is 1.15. The predicted octanol–water partition coefficient (Wildman–Crippen LogP) is 15.6. The molecule has 0 amide bonds. The molecule has 5 rings (SSSR count). The highest BCUT2D eigenvalue weighted by molar-refractivity contribution is 14.1. The van der Waals surface area contributed by atoms with E-state index in [2.05, 4.69) is 184 Å². The molecule has 5 aromatic rings. The molecule has 0 aliphatic rings. The Bertz CT molecular complexity index is 2490. The van der Waals surface area contributed by atoms with E-state index >= 15 is 0 Å². The quantitative estimate of drug-likeness (QED) is 0.0269. The molecule has 2 N–H and O–H groups in total. The van der Waals surface area contributed by atoms with Crippen molar-refractivity contribution in [3.05, 3.63) is 164 Å². The van der Waals surface area contributed by atoms with Crippen molar-refractivity contribution in [3.8, 4) is 11.5 Å². The van der Waals surface area contributed by atoms with Gasteiger partial charge < -0.3 is 19.2 Å². The topological polar surface area (TPSA) is 89.1 Å². The molecule has 0 aliphatic carbocycles. The van der Waals surface area contributed by atoms with Gasteiger partial charge in [-0.15, -0.1) is 0 Å². The van der Waals surface area contributed by atoms with Gasteiger partial charge in [0.25, 0.3) is 0 Å². The summed E-state index contributed by atoms with van der Waals surface area (Å²) in [4.78, 5) is 2.60. The summed E-state index contributed by atoms with van der Waals surface area (Å²) in [6.45, 7) is 23.9. The maximum Gasteiger partial charge on any atom is 0.229 e. The Labute approximate surface area is 444 Å². The van der Waals surface area contributed by atoms with Crippen molar-refractivity contribution in [3.63, 3.8) is 0 Å². The van der Waals surface area contributed by atoms with E-state index < -0.39 is 18.3 Å². The third-order valence-electron chi connectivity index (χ3n) is 13.7. The summed E-state index contributed by atoms with van der Waals surface area (Å²) in [6.07, 6.45) is 14.7. The minimum atomic E-state index is -3.55. The van der Waals surface area contributed by atoms with Crippen molar-refractivity contribution in [1.29, 1.82) is 0 Å². The number of rotatable bonds is 30. The lowest BCUT2D eigenvalue weighted by Gasteiger charge is -2.39. The standard InChI is InChI=1S/C60H84IN3O5SSi/c1-46(2)64(47(3)4)40-38-52(53-32-24-25-33-55(53)61)54-41-48(34-36-57(54)67-44-49-28-20-17-21-29-49)27-19-15-13-11-12-14-16-26-39-62-43-59(69-71(9,10)60(5,6)7)51-35-37-58(56(42-51)63-70(8,65)66)68-45-50-30-22-18-23-31-50/h17-25,27-37,41-42,46-47,52,59,62-63H,11-16,26,38-40,43-45H2,1-10H3/t52-,59-/m0/s1. The molecule has 0 heterocycles. The zero-order valence-electron chi connectivity index (χ0n) is 44.5. The van der Waals surface area contributed by atoms with Crippen LogP contribution in [-0.2, 0) is 27.7 Å². The van der Waals surface area contributed by atoms with Crippen molar-refractivity contribution < 1.29 is 22.3 Å². The lowest BCUT2D eigenvalue weighted by atomic mass is 9.86. The minimum Gasteiger partial charge on any atom is -0.489 e. The fourth-order valence-corrected chi connectivity index (χ4v) is 11.4. The summed E-state index contributed by atoms with van der Waals surface area (Å²) in [5, 5.41) is 3.70. The Kier molecular flexibility index (Phi) is 23.2. The third-order valence-corrected chi connectivity index (χ3v) is 19.8. The molecule has 386 valence electrons. The zero-order chi connectivity index (χ0) is 51.4. The van der Waals surface area contributed by atoms with Gasteiger partial charge in [-0.1, -0.05) is 150 Å². The van der Waals surface area contributed by atoms with E-state index in [9.17, 15) is 8.42 Å². The molecule has 0 aromatic heterocycles. The van der Waals surface area contributed by atoms with Gasteiger partial charge in [0.15, 0.2) is 8.32 Å². The second-order valence-corrected chi connectivity index (χ2v) is 28.8. The van der Waals surface area contributed by atoms with Crippen molar-refractivity contribution in [2.75, 3.05) is 30.6 Å². The highest BCUT2D eigenvalue weighted by Gasteiger charge is 2.39. The van der Waals surface area contributed by atoms with E-state index in [1.54, 1.807) is 0 Å². The summed E-state index contributed by atoms with van der Waals surface area (Å²) < 4.78 is 48.8. The highest BCUT2D eigenvalue weighted by Crippen LogP contribution is 2.41. The summed E-state index contributed by atoms with van der Waals surface area (Å²) in [5.41, 5.74) is 7.33. The molecular weight excluding hydrogens is 1030 g/mol. The Hall–Kier alpha value is -3.98. The van der Waals surface area contributed by atoms with E-state index in [4.69, 9.17) is 13.9 Å². The second kappa shape index (κ2) is 28.5. The molecule has 0 saturated heterocycles. The number of ether oxygens (including phenoxy) is 2. The molecule has 0 bridgehead atoms. The average Bonchev–Trinajstić information content (AvgIpc) is 3.32. The van der Waals surface area contributed by atoms with Crippen molar-refractivity contribution in [2.45, 2.75) is 155 Å². The molecule has 0 aliphatic heterocycles. The average molecular weight is 1110 g/mol. The molecule has 11 heteroatoms. The van der Waals surface area contributed by atoms with Crippen LogP contribution in [0.1, 0.15) is 145 Å². The van der Waals surface area contributed by atoms with E-state index in [0.717, 1.165) is 49.2 Å². The van der Waals surface area contributed by atoms with Crippen LogP contribution in [0.15, 0.2) is 127 Å². The number of allylic oxidation sites excluding steroid dienone is 1. The number of hydrogen-bond donors (Lipinski definition) is 2. The first kappa shape index (κ1) is 57.9. The maximum absolute atomic E-state index is 12.5. The van der Waals surface area contributed by atoms with Crippen molar-refractivity contribution in [1.82, 2.24) is 10.2 Å². The van der Waals surface area contributed by atoms with E-state index in [1.165, 1.54) is 64.2 Å². The Morgan fingerprint density at radius 3 is 1.89 bits per heavy atom. The smallest absolute Gasteiger partial charge is 0.229 e. The van der Waals surface area contributed by atoms with Crippen LogP contribution in [0.5, 0.6) is 11.5 Å². The predicted molar refractivity (Wildman–Crippen MR) is 311 cm³/mol. The summed E-state index contributed by atoms with van der Waals surface area (Å²) in [5.74, 6) is 1.63. The first-order valence-electron chi connectivity index (χ1n) is 26.0. The van der Waals surface area contributed by atoms with Crippen LogP contribution in [0.25, 0.3) is 6.08 Å². The van der Waals surface area contributed by atoms with Crippen LogP contribution in [0.2, 0.25) is 18.1 Å². The van der Waals surface area contributed by atoms with Gasteiger partial charge in [-0.25, -0.2) is 8.42 Å². The Morgan fingerprint density at radius 2 is 1.28 bits per heavy atom. The number of benzene rings is 5. The number of nitrogens with one attached hydrogen (secondary N) is 2. The number of unbranched alkanes of at least 4 members (excludes halogenated alkanes) is 6. The first-order valence-corrected chi connectivity index (χ1v) is 31.8. The molecule has 0 fully saturated rings. The second-order valence-electron chi connectivity index (χ2n) is 21.1. The molecule has 2 atom stereocenters. The van der Waals surface area contributed by atoms with Gasteiger partial charge in [0.05, 0.1) is 18.0 Å². The first-order chi connectivity index (χ1) is 33.8. The van der Waals surface area contributed by atoms with Gasteiger partial charge in [0.1, 0.15) is 24.7 Å². The SMILES string of the molecule is CC(C)N(CC[C@@H](c1ccccc1I)c1cc(C=CCCCCCCCCNC[C@H](O[Si](C)(C)C(C)(C)C)c2ccc(OCc3ccccc3)c(NS(C)(=O)=O)c2)ccc1OCc1ccccc1)C(C)C. The number of nitrogens with zero attached hydrogens (tertiary/aromatic N) is 1. The lowest BCUT2D eigenvalue weighted by molar-refractivity contribution is 0.170. The van der Waals surface area contributed by atoms with E-state index in [0.29, 0.717) is 43.3 Å². The Morgan fingerprint density at radius 1 is 0.704 bits per heavy atom. The van der Waals surface area contributed by atoms with Gasteiger partial charge in [-0.3, -0.25) is 9.62 Å². The number of sulfonamides is 1. The fourth-order valence-electron chi connectivity index (χ4n) is 8.76. The number of anilines is 1. The molecule has 5 aromatic carbocycles. The lowest BCUT2D eigenvalue weighted by Crippen LogP contribution is -2.43. The monoisotopic (exact) mass is 1110 g/mol. The van der Waals surface area contributed by atoms with Crippen LogP contribution < -0.4 is 19.5 Å². The van der Waals surface area contributed by atoms with Gasteiger partial charge in [0, 0.05) is 33.7 Å². The zero-order valence-corrected chi connectivity index (χ0v) is 48.5. The summed E-state index contributed by atoms with van der Waals surface area (Å²) in [6, 6.07) is 42.6. The van der Waals surface area contributed by atoms with Crippen LogP contribution >= 0.6 is 22.6 Å². The number of halogens is 1. The van der Waals surface area contributed by atoms with E-state index in [1.807, 2.05) is 48.5 Å².